The summed E-state index contributed by atoms with van der Waals surface area (Å²) in [4.78, 5) is 13.9. The van der Waals surface area contributed by atoms with E-state index in [1.54, 1.807) is 6.08 Å². The Morgan fingerprint density at radius 1 is 1.36 bits per heavy atom. The van der Waals surface area contributed by atoms with E-state index in [2.05, 4.69) is 6.58 Å². The fraction of sp³-hybridized carbons (Fsp3) is 0.500. The fourth-order valence-electron chi connectivity index (χ4n) is 3.03. The first-order valence-corrected chi connectivity index (χ1v) is 7.93. The number of hydrogen-bond donors (Lipinski definition) is 0. The molecule has 1 atom stereocenters. The van der Waals surface area contributed by atoms with Gasteiger partial charge in [0.1, 0.15) is 11.6 Å². The lowest BCUT2D eigenvalue weighted by Crippen LogP contribution is -2.39. The molecule has 1 aromatic rings. The van der Waals surface area contributed by atoms with Gasteiger partial charge in [0.05, 0.1) is 0 Å². The van der Waals surface area contributed by atoms with Gasteiger partial charge in [-0.05, 0) is 50.2 Å². The number of benzene rings is 1. The Morgan fingerprint density at radius 3 is 2.77 bits per heavy atom. The van der Waals surface area contributed by atoms with Gasteiger partial charge in [-0.15, -0.1) is 6.58 Å². The molecule has 4 heteroatoms. The molecule has 2 rings (SSSR count). The van der Waals surface area contributed by atoms with Crippen molar-refractivity contribution in [3.8, 4) is 0 Å². The minimum absolute atomic E-state index is 0.154. The molecule has 1 heterocycles. The van der Waals surface area contributed by atoms with E-state index in [-0.39, 0.29) is 11.5 Å². The van der Waals surface area contributed by atoms with Crippen LogP contribution in [0.25, 0.3) is 0 Å². The van der Waals surface area contributed by atoms with Gasteiger partial charge in [0.25, 0.3) is 0 Å². The third-order valence-electron chi connectivity index (χ3n) is 4.30. The zero-order chi connectivity index (χ0) is 15.9. The number of halogens is 2. The van der Waals surface area contributed by atoms with Crippen molar-refractivity contribution in [2.75, 3.05) is 13.1 Å². The third-order valence-corrected chi connectivity index (χ3v) is 4.30. The molecule has 0 radical (unpaired) electrons. The zero-order valence-electron chi connectivity index (χ0n) is 12.9. The Morgan fingerprint density at radius 2 is 2.09 bits per heavy atom. The predicted molar refractivity (Wildman–Crippen MR) is 83.4 cm³/mol. The smallest absolute Gasteiger partial charge is 0.222 e. The van der Waals surface area contributed by atoms with Gasteiger partial charge in [-0.1, -0.05) is 12.1 Å². The summed E-state index contributed by atoms with van der Waals surface area (Å²) in [6, 6.07) is 3.98. The van der Waals surface area contributed by atoms with Gasteiger partial charge in [0.15, 0.2) is 0 Å². The highest BCUT2D eigenvalue weighted by Gasteiger charge is 2.23. The minimum Gasteiger partial charge on any atom is -0.342 e. The van der Waals surface area contributed by atoms with Crippen molar-refractivity contribution in [1.29, 1.82) is 0 Å². The number of likely N-dealkylation sites (tertiary alicyclic amines) is 1. The number of nitrogens with zero attached hydrogens (tertiary/aromatic N) is 1. The maximum atomic E-state index is 13.6. The van der Waals surface area contributed by atoms with Crippen molar-refractivity contribution in [2.24, 2.45) is 5.92 Å². The van der Waals surface area contributed by atoms with E-state index in [1.807, 2.05) is 4.90 Å². The monoisotopic (exact) mass is 307 g/mol. The highest BCUT2D eigenvalue weighted by atomic mass is 19.1. The lowest BCUT2D eigenvalue weighted by molar-refractivity contribution is -0.132. The molecule has 0 bridgehead atoms. The molecule has 1 amide bonds. The van der Waals surface area contributed by atoms with Gasteiger partial charge in [-0.25, -0.2) is 8.78 Å². The number of rotatable bonds is 6. The van der Waals surface area contributed by atoms with Crippen LogP contribution in [0.2, 0.25) is 0 Å². The van der Waals surface area contributed by atoms with Crippen molar-refractivity contribution in [1.82, 2.24) is 4.90 Å². The van der Waals surface area contributed by atoms with Crippen LogP contribution in [-0.4, -0.2) is 23.9 Å². The van der Waals surface area contributed by atoms with Gasteiger partial charge in [0.2, 0.25) is 5.91 Å². The van der Waals surface area contributed by atoms with E-state index in [4.69, 9.17) is 0 Å². The molecule has 1 saturated heterocycles. The van der Waals surface area contributed by atoms with Gasteiger partial charge in [-0.2, -0.15) is 0 Å². The first-order chi connectivity index (χ1) is 10.6. The van der Waals surface area contributed by atoms with Crippen LogP contribution in [0.15, 0.2) is 30.9 Å². The molecule has 120 valence electrons. The molecule has 1 aromatic carbocycles. The number of carbonyl (C=O) groups is 1. The maximum Gasteiger partial charge on any atom is 0.222 e. The molecule has 1 aliphatic heterocycles. The van der Waals surface area contributed by atoms with Crippen LogP contribution in [-0.2, 0) is 11.2 Å². The first-order valence-electron chi connectivity index (χ1n) is 7.93. The second-order valence-corrected chi connectivity index (χ2v) is 5.91. The number of amides is 1. The Balaban J connectivity index is 1.88. The third kappa shape index (κ3) is 4.39. The van der Waals surface area contributed by atoms with E-state index >= 15 is 0 Å². The Labute approximate surface area is 130 Å². The van der Waals surface area contributed by atoms with Crippen molar-refractivity contribution >= 4 is 5.91 Å². The summed E-state index contributed by atoms with van der Waals surface area (Å²) in [5.41, 5.74) is 0.164. The molecule has 0 aliphatic carbocycles. The molecule has 22 heavy (non-hydrogen) atoms. The summed E-state index contributed by atoms with van der Waals surface area (Å²) in [6.45, 7) is 5.12. The Bertz CT molecular complexity index is 510. The van der Waals surface area contributed by atoms with E-state index in [0.29, 0.717) is 38.1 Å². The average molecular weight is 307 g/mol. The van der Waals surface area contributed by atoms with Crippen LogP contribution in [0, 0.1) is 17.6 Å². The minimum atomic E-state index is -0.477. The van der Waals surface area contributed by atoms with Crippen molar-refractivity contribution < 1.29 is 13.6 Å². The van der Waals surface area contributed by atoms with Gasteiger partial charge < -0.3 is 4.90 Å². The summed E-state index contributed by atoms with van der Waals surface area (Å²) in [5.74, 6) is -0.480. The Kier molecular flexibility index (Phi) is 6.10. The lowest BCUT2D eigenvalue weighted by Gasteiger charge is -2.33. The number of piperidine rings is 1. The second kappa shape index (κ2) is 8.06. The molecular formula is C18H23F2NO. The molecular weight excluding hydrogens is 284 g/mol. The molecule has 1 aliphatic rings. The van der Waals surface area contributed by atoms with Crippen LogP contribution in [0.1, 0.15) is 37.7 Å². The summed E-state index contributed by atoms with van der Waals surface area (Å²) < 4.78 is 27.3. The lowest BCUT2D eigenvalue weighted by atomic mass is 9.91. The van der Waals surface area contributed by atoms with E-state index < -0.39 is 11.6 Å². The quantitative estimate of drug-likeness (QED) is 0.725. The summed E-state index contributed by atoms with van der Waals surface area (Å²) in [6.07, 6.45) is 6.02. The number of carbonyl (C=O) groups excluding carboxylic acids is 1. The molecule has 0 aromatic heterocycles. The molecule has 2 nitrogen and oxygen atoms in total. The second-order valence-electron chi connectivity index (χ2n) is 5.91. The van der Waals surface area contributed by atoms with Crippen LogP contribution in [0.5, 0.6) is 0 Å². The van der Waals surface area contributed by atoms with Crippen molar-refractivity contribution in [2.45, 2.75) is 38.5 Å². The topological polar surface area (TPSA) is 20.3 Å². The molecule has 0 saturated carbocycles. The number of hydrogen-bond acceptors (Lipinski definition) is 1. The van der Waals surface area contributed by atoms with E-state index in [0.717, 1.165) is 19.4 Å². The summed E-state index contributed by atoms with van der Waals surface area (Å²) in [5, 5.41) is 0. The summed E-state index contributed by atoms with van der Waals surface area (Å²) >= 11 is 0. The maximum absolute atomic E-state index is 13.6. The van der Waals surface area contributed by atoms with Crippen LogP contribution in [0.4, 0.5) is 8.78 Å². The fourth-order valence-corrected chi connectivity index (χ4v) is 3.03. The van der Waals surface area contributed by atoms with Crippen molar-refractivity contribution in [3.05, 3.63) is 48.1 Å². The largest absolute Gasteiger partial charge is 0.342 e. The normalized spacial score (nSPS) is 18.3. The molecule has 1 fully saturated rings. The van der Waals surface area contributed by atoms with Crippen LogP contribution < -0.4 is 0 Å². The van der Waals surface area contributed by atoms with E-state index in [9.17, 15) is 13.6 Å². The molecule has 0 unspecified atom stereocenters. The number of allylic oxidation sites excluding steroid dienone is 1. The SMILES string of the molecule is C=CCCC(=O)N1CCC[C@H](CCc2c(F)cccc2F)C1. The van der Waals surface area contributed by atoms with E-state index in [1.165, 1.54) is 18.2 Å². The molecule has 0 spiro atoms. The van der Waals surface area contributed by atoms with Gasteiger partial charge in [-0.3, -0.25) is 4.79 Å². The first kappa shape index (κ1) is 16.7. The van der Waals surface area contributed by atoms with Crippen molar-refractivity contribution in [3.63, 3.8) is 0 Å². The predicted octanol–water partition coefficient (Wildman–Crippen LogP) is 4.10. The van der Waals surface area contributed by atoms with Crippen LogP contribution in [0.3, 0.4) is 0 Å². The average Bonchev–Trinajstić information content (AvgIpc) is 2.52. The van der Waals surface area contributed by atoms with Gasteiger partial charge >= 0.3 is 0 Å². The molecule has 0 N–H and O–H groups in total. The van der Waals surface area contributed by atoms with Crippen LogP contribution >= 0.6 is 0 Å². The highest BCUT2D eigenvalue weighted by molar-refractivity contribution is 5.76. The van der Waals surface area contributed by atoms with Gasteiger partial charge in [0, 0.05) is 25.1 Å². The summed E-state index contributed by atoms with van der Waals surface area (Å²) in [7, 11) is 0. The Hall–Kier alpha value is -1.71. The zero-order valence-corrected chi connectivity index (χ0v) is 12.9. The highest BCUT2D eigenvalue weighted by Crippen LogP contribution is 2.24. The standard InChI is InChI=1S/C18H23F2NO/c1-2-3-9-18(22)21-12-5-6-14(13-21)10-11-15-16(19)7-4-8-17(15)20/h2,4,7-8,14H,1,3,5-6,9-13H2/t14-/m1/s1.